The maximum absolute atomic E-state index is 13.4. The van der Waals surface area contributed by atoms with E-state index in [1.54, 1.807) is 0 Å². The van der Waals surface area contributed by atoms with Crippen molar-refractivity contribution in [2.75, 3.05) is 13.2 Å². The van der Waals surface area contributed by atoms with Crippen molar-refractivity contribution < 1.29 is 23.7 Å². The number of para-hydroxylation sites is 1. The molecule has 4 aromatic rings. The van der Waals surface area contributed by atoms with Gasteiger partial charge in [0.1, 0.15) is 18.0 Å². The molecular formula is C38H43NO5. The van der Waals surface area contributed by atoms with Gasteiger partial charge in [0.25, 0.3) is 0 Å². The zero-order chi connectivity index (χ0) is 30.5. The summed E-state index contributed by atoms with van der Waals surface area (Å²) in [6.45, 7) is 7.83. The molecule has 4 atom stereocenters. The van der Waals surface area contributed by atoms with E-state index in [4.69, 9.17) is 18.9 Å². The number of benzene rings is 4. The summed E-state index contributed by atoms with van der Waals surface area (Å²) in [6.07, 6.45) is 2.37. The molecule has 2 fully saturated rings. The Morgan fingerprint density at radius 2 is 1.52 bits per heavy atom. The third-order valence-electron chi connectivity index (χ3n) is 8.63. The number of carbonyl (C=O) groups is 1. The summed E-state index contributed by atoms with van der Waals surface area (Å²) in [7, 11) is 0. The lowest BCUT2D eigenvalue weighted by molar-refractivity contribution is -0.0667. The van der Waals surface area contributed by atoms with Gasteiger partial charge in [-0.2, -0.15) is 0 Å². The molecule has 0 aliphatic carbocycles. The first kappa shape index (κ1) is 30.2. The van der Waals surface area contributed by atoms with Gasteiger partial charge in [-0.25, -0.2) is 4.79 Å². The quantitative estimate of drug-likeness (QED) is 0.173. The SMILES string of the molecule is CC(C)(C)OC(=O)N1C2CCC1C(OCc1ccc3ccccc3c1)C(c1ccc(COCCOc3ccccc3)cc1)C2. The molecule has 6 rings (SSSR count). The second kappa shape index (κ2) is 13.4. The molecule has 2 saturated heterocycles. The fourth-order valence-corrected chi connectivity index (χ4v) is 6.62. The van der Waals surface area contributed by atoms with Crippen molar-refractivity contribution in [3.63, 3.8) is 0 Å². The summed E-state index contributed by atoms with van der Waals surface area (Å²) in [5.41, 5.74) is 2.96. The number of hydrogen-bond acceptors (Lipinski definition) is 5. The summed E-state index contributed by atoms with van der Waals surface area (Å²) in [5.74, 6) is 1.03. The second-order valence-corrected chi connectivity index (χ2v) is 12.9. The molecular weight excluding hydrogens is 550 g/mol. The van der Waals surface area contributed by atoms with Gasteiger partial charge in [-0.15, -0.1) is 0 Å². The van der Waals surface area contributed by atoms with E-state index in [9.17, 15) is 4.79 Å². The largest absolute Gasteiger partial charge is 0.491 e. The topological polar surface area (TPSA) is 57.2 Å². The van der Waals surface area contributed by atoms with E-state index >= 15 is 0 Å². The number of rotatable bonds is 10. The minimum Gasteiger partial charge on any atom is -0.491 e. The zero-order valence-electron chi connectivity index (χ0n) is 26.0. The first-order valence-electron chi connectivity index (χ1n) is 15.8. The molecule has 4 unspecified atom stereocenters. The van der Waals surface area contributed by atoms with Crippen LogP contribution in [0.3, 0.4) is 0 Å². The van der Waals surface area contributed by atoms with Crippen molar-refractivity contribution in [2.24, 2.45) is 0 Å². The molecule has 4 aromatic carbocycles. The van der Waals surface area contributed by atoms with Gasteiger partial charge < -0.3 is 18.9 Å². The molecule has 2 aliphatic heterocycles. The van der Waals surface area contributed by atoms with Gasteiger partial charge in [0, 0.05) is 12.0 Å². The van der Waals surface area contributed by atoms with Crippen LogP contribution in [0.5, 0.6) is 5.75 Å². The molecule has 2 aliphatic rings. The highest BCUT2D eigenvalue weighted by molar-refractivity contribution is 5.82. The Bertz CT molecular complexity index is 1530. The van der Waals surface area contributed by atoms with Gasteiger partial charge in [0.05, 0.1) is 32.0 Å². The Balaban J connectivity index is 1.14. The number of piperidine rings is 1. The van der Waals surface area contributed by atoms with Crippen LogP contribution in [-0.2, 0) is 27.4 Å². The predicted molar refractivity (Wildman–Crippen MR) is 173 cm³/mol. The predicted octanol–water partition coefficient (Wildman–Crippen LogP) is 8.28. The first-order chi connectivity index (χ1) is 21.3. The third-order valence-corrected chi connectivity index (χ3v) is 8.63. The van der Waals surface area contributed by atoms with Crippen LogP contribution in [0.15, 0.2) is 97.1 Å². The number of ether oxygens (including phenoxy) is 4. The molecule has 1 amide bonds. The standard InChI is InChI=1S/C38H43NO5/c1-38(2,3)44-37(40)39-32-19-20-35(39)36(43-26-28-15-16-29-9-7-8-10-31(29)23-28)34(24-32)30-17-13-27(14-18-30)25-41-21-22-42-33-11-5-4-6-12-33/h4-18,23,32,34-36H,19-22,24-26H2,1-3H3. The summed E-state index contributed by atoms with van der Waals surface area (Å²) in [6, 6.07) is 33.5. The van der Waals surface area contributed by atoms with Crippen LogP contribution in [0, 0.1) is 0 Å². The van der Waals surface area contributed by atoms with E-state index < -0.39 is 5.60 Å². The normalized spacial score (nSPS) is 21.4. The number of carbonyl (C=O) groups excluding carboxylic acids is 1. The number of nitrogens with zero attached hydrogens (tertiary/aromatic N) is 1. The highest BCUT2D eigenvalue weighted by atomic mass is 16.6. The first-order valence-corrected chi connectivity index (χ1v) is 15.8. The number of hydrogen-bond donors (Lipinski definition) is 0. The Kier molecular flexibility index (Phi) is 9.20. The Morgan fingerprint density at radius 1 is 0.795 bits per heavy atom. The van der Waals surface area contributed by atoms with E-state index in [1.165, 1.54) is 16.3 Å². The molecule has 0 aromatic heterocycles. The van der Waals surface area contributed by atoms with Gasteiger partial charge in [-0.1, -0.05) is 78.9 Å². The van der Waals surface area contributed by atoms with Crippen LogP contribution in [0.4, 0.5) is 4.79 Å². The number of amides is 1. The van der Waals surface area contributed by atoms with Crippen molar-refractivity contribution in [3.05, 3.63) is 114 Å². The molecule has 6 heteroatoms. The maximum atomic E-state index is 13.4. The Hall–Kier alpha value is -3.87. The Labute approximate surface area is 260 Å². The van der Waals surface area contributed by atoms with Crippen LogP contribution in [0.2, 0.25) is 0 Å². The minimum atomic E-state index is -0.541. The molecule has 2 bridgehead atoms. The third kappa shape index (κ3) is 7.25. The van der Waals surface area contributed by atoms with E-state index in [0.717, 1.165) is 36.1 Å². The van der Waals surface area contributed by atoms with Crippen LogP contribution in [0.1, 0.15) is 62.6 Å². The molecule has 44 heavy (non-hydrogen) atoms. The highest BCUT2D eigenvalue weighted by Gasteiger charge is 2.51. The molecule has 2 heterocycles. The van der Waals surface area contributed by atoms with E-state index in [1.807, 2.05) is 56.0 Å². The summed E-state index contributed by atoms with van der Waals surface area (Å²) in [5, 5.41) is 2.42. The monoisotopic (exact) mass is 593 g/mol. The van der Waals surface area contributed by atoms with Gasteiger partial charge in [0.15, 0.2) is 0 Å². The van der Waals surface area contributed by atoms with Crippen molar-refractivity contribution in [1.29, 1.82) is 0 Å². The van der Waals surface area contributed by atoms with Gasteiger partial charge >= 0.3 is 6.09 Å². The molecule has 6 nitrogen and oxygen atoms in total. The molecule has 0 radical (unpaired) electrons. The smallest absolute Gasteiger partial charge is 0.410 e. The van der Waals surface area contributed by atoms with Gasteiger partial charge in [0.2, 0.25) is 0 Å². The highest BCUT2D eigenvalue weighted by Crippen LogP contribution is 2.45. The van der Waals surface area contributed by atoms with Crippen LogP contribution in [-0.4, -0.2) is 48.0 Å². The molecule has 0 saturated carbocycles. The van der Waals surface area contributed by atoms with Crippen LogP contribution < -0.4 is 4.74 Å². The zero-order valence-corrected chi connectivity index (χ0v) is 26.0. The van der Waals surface area contributed by atoms with Gasteiger partial charge in [-0.3, -0.25) is 4.90 Å². The number of fused-ring (bicyclic) bond motifs is 3. The van der Waals surface area contributed by atoms with E-state index in [2.05, 4.69) is 66.7 Å². The average Bonchev–Trinajstić information content (AvgIpc) is 3.35. The van der Waals surface area contributed by atoms with Gasteiger partial charge in [-0.05, 0) is 85.7 Å². The lowest BCUT2D eigenvalue weighted by atomic mass is 9.82. The average molecular weight is 594 g/mol. The van der Waals surface area contributed by atoms with Crippen molar-refractivity contribution in [2.45, 2.75) is 83.0 Å². The van der Waals surface area contributed by atoms with E-state index in [0.29, 0.717) is 26.4 Å². The lowest BCUT2D eigenvalue weighted by Crippen LogP contribution is -2.55. The molecule has 230 valence electrons. The maximum Gasteiger partial charge on any atom is 0.410 e. The van der Waals surface area contributed by atoms with Crippen LogP contribution in [0.25, 0.3) is 10.8 Å². The lowest BCUT2D eigenvalue weighted by Gasteiger charge is -2.44. The second-order valence-electron chi connectivity index (χ2n) is 12.9. The fraction of sp³-hybridized carbons (Fsp3) is 0.395. The van der Waals surface area contributed by atoms with Crippen molar-refractivity contribution in [3.8, 4) is 5.75 Å². The summed E-state index contributed by atoms with van der Waals surface area (Å²) < 4.78 is 24.3. The van der Waals surface area contributed by atoms with Crippen molar-refractivity contribution >= 4 is 16.9 Å². The molecule has 0 N–H and O–H groups in total. The fourth-order valence-electron chi connectivity index (χ4n) is 6.62. The molecule has 0 spiro atoms. The van der Waals surface area contributed by atoms with Crippen molar-refractivity contribution in [1.82, 2.24) is 4.90 Å². The summed E-state index contributed by atoms with van der Waals surface area (Å²) >= 11 is 0. The Morgan fingerprint density at radius 3 is 2.30 bits per heavy atom. The van der Waals surface area contributed by atoms with E-state index in [-0.39, 0.29) is 30.2 Å². The minimum absolute atomic E-state index is 0.0262. The van der Waals surface area contributed by atoms with Crippen LogP contribution >= 0.6 is 0 Å². The summed E-state index contributed by atoms with van der Waals surface area (Å²) in [4.78, 5) is 15.4.